The molecular formula is C36H43F6N5O4. The summed E-state index contributed by atoms with van der Waals surface area (Å²) in [4.78, 5) is 37.4. The third-order valence-electron chi connectivity index (χ3n) is 11.9. The molecule has 1 spiro atoms. The number of piperidine rings is 1. The first-order valence-electron chi connectivity index (χ1n) is 17.9. The van der Waals surface area contributed by atoms with Gasteiger partial charge in [-0.1, -0.05) is 26.2 Å². The summed E-state index contributed by atoms with van der Waals surface area (Å²) < 4.78 is 88.8. The molecule has 51 heavy (non-hydrogen) atoms. The average Bonchev–Trinajstić information content (AvgIpc) is 3.50. The normalized spacial score (nSPS) is 28.1. The first kappa shape index (κ1) is 35.8. The summed E-state index contributed by atoms with van der Waals surface area (Å²) in [7, 11) is 0. The number of carboxylic acid groups (broad SMARTS) is 1. The number of carboxylic acids is 1. The maximum absolute atomic E-state index is 14.7. The number of aliphatic carboxylic acids is 1. The van der Waals surface area contributed by atoms with Gasteiger partial charge in [-0.05, 0) is 92.9 Å². The molecule has 1 aromatic carbocycles. The maximum atomic E-state index is 14.7. The number of halogens is 6. The van der Waals surface area contributed by atoms with Gasteiger partial charge in [0.2, 0.25) is 5.95 Å². The van der Waals surface area contributed by atoms with Crippen LogP contribution in [0.25, 0.3) is 0 Å². The number of hydrogen-bond acceptors (Lipinski definition) is 7. The van der Waals surface area contributed by atoms with Crippen LogP contribution in [0.4, 0.5) is 38.0 Å². The number of carbonyl (C=O) groups is 2. The Morgan fingerprint density at radius 3 is 2.43 bits per heavy atom. The summed E-state index contributed by atoms with van der Waals surface area (Å²) in [5.41, 5.74) is -2.77. The van der Waals surface area contributed by atoms with Crippen LogP contribution in [0, 0.1) is 17.8 Å². The molecule has 278 valence electrons. The molecule has 4 unspecified atom stereocenters. The summed E-state index contributed by atoms with van der Waals surface area (Å²) in [5, 5.41) is 12.8. The topological polar surface area (TPSA) is 108 Å². The fraction of sp³-hybridized carbons (Fsp3) is 0.667. The van der Waals surface area contributed by atoms with Crippen molar-refractivity contribution in [2.24, 2.45) is 17.8 Å². The van der Waals surface area contributed by atoms with Crippen molar-refractivity contribution in [2.45, 2.75) is 107 Å². The van der Waals surface area contributed by atoms with E-state index in [0.29, 0.717) is 43.7 Å². The van der Waals surface area contributed by atoms with E-state index in [-0.39, 0.29) is 49.3 Å². The first-order chi connectivity index (χ1) is 24.1. The monoisotopic (exact) mass is 723 g/mol. The lowest BCUT2D eigenvalue weighted by molar-refractivity contribution is -0.149. The molecular weight excluding hydrogens is 680 g/mol. The van der Waals surface area contributed by atoms with Gasteiger partial charge in [0.05, 0.1) is 12.1 Å². The Hall–Kier alpha value is -3.62. The SMILES string of the molecule is CC1CC2CC(C1)C(NC(=O)c1cnc(N3CC4(CCCCC4)c4cc(OC5CCN(CC(F)(F)F)CC5)ccc43)nc1C(F)(F)F)(C(=O)O)C2. The van der Waals surface area contributed by atoms with E-state index in [0.717, 1.165) is 50.3 Å². The molecule has 2 aromatic rings. The van der Waals surface area contributed by atoms with E-state index in [9.17, 15) is 41.0 Å². The molecule has 7 rings (SSSR count). The lowest BCUT2D eigenvalue weighted by atomic mass is 9.71. The lowest BCUT2D eigenvalue weighted by Gasteiger charge is -2.35. The van der Waals surface area contributed by atoms with Crippen LogP contribution in [0.3, 0.4) is 0 Å². The van der Waals surface area contributed by atoms with Crippen molar-refractivity contribution in [3.8, 4) is 5.75 Å². The number of nitrogens with zero attached hydrogens (tertiary/aromatic N) is 4. The highest BCUT2D eigenvalue weighted by molar-refractivity contribution is 5.99. The van der Waals surface area contributed by atoms with Crippen molar-refractivity contribution < 1.29 is 45.8 Å². The predicted octanol–water partition coefficient (Wildman–Crippen LogP) is 7.26. The second-order valence-corrected chi connectivity index (χ2v) is 15.6. The summed E-state index contributed by atoms with van der Waals surface area (Å²) in [6.45, 7) is 1.91. The molecule has 9 nitrogen and oxygen atoms in total. The van der Waals surface area contributed by atoms with Gasteiger partial charge in [-0.3, -0.25) is 9.69 Å². The molecule has 15 heteroatoms. The van der Waals surface area contributed by atoms with Crippen LogP contribution in [-0.4, -0.2) is 75.8 Å². The molecule has 1 aromatic heterocycles. The van der Waals surface area contributed by atoms with E-state index in [4.69, 9.17) is 4.74 Å². The quantitative estimate of drug-likeness (QED) is 0.288. The summed E-state index contributed by atoms with van der Waals surface area (Å²) in [6.07, 6.45) is -1.22. The molecule has 3 aliphatic carbocycles. The molecule has 1 saturated heterocycles. The number of carbonyl (C=O) groups excluding carboxylic acids is 1. The number of anilines is 2. The average molecular weight is 724 g/mol. The summed E-state index contributed by atoms with van der Waals surface area (Å²) >= 11 is 0. The molecule has 3 heterocycles. The van der Waals surface area contributed by atoms with Gasteiger partial charge < -0.3 is 20.1 Å². The zero-order valence-corrected chi connectivity index (χ0v) is 28.5. The third kappa shape index (κ3) is 6.98. The van der Waals surface area contributed by atoms with E-state index in [2.05, 4.69) is 15.3 Å². The van der Waals surface area contributed by atoms with Crippen molar-refractivity contribution in [1.29, 1.82) is 0 Å². The van der Waals surface area contributed by atoms with Gasteiger partial charge in [-0.2, -0.15) is 26.3 Å². The minimum Gasteiger partial charge on any atom is -0.490 e. The zero-order chi connectivity index (χ0) is 36.3. The summed E-state index contributed by atoms with van der Waals surface area (Å²) in [5.74, 6) is -2.13. The third-order valence-corrected chi connectivity index (χ3v) is 11.9. The van der Waals surface area contributed by atoms with Crippen molar-refractivity contribution in [1.82, 2.24) is 20.2 Å². The van der Waals surface area contributed by atoms with Gasteiger partial charge in [0.15, 0.2) is 5.69 Å². The number of rotatable bonds is 7. The molecule has 2 aliphatic heterocycles. The molecule has 1 amide bonds. The number of likely N-dealkylation sites (tertiary alicyclic amines) is 1. The number of aromatic nitrogens is 2. The number of benzene rings is 1. The van der Waals surface area contributed by atoms with E-state index in [1.807, 2.05) is 13.0 Å². The fourth-order valence-corrected chi connectivity index (χ4v) is 9.75. The highest BCUT2D eigenvalue weighted by Gasteiger charge is 2.57. The number of ether oxygens (including phenoxy) is 1. The van der Waals surface area contributed by atoms with Gasteiger partial charge in [0.1, 0.15) is 17.4 Å². The smallest absolute Gasteiger partial charge is 0.434 e. The Labute approximate surface area is 292 Å². The molecule has 0 radical (unpaired) electrons. The highest BCUT2D eigenvalue weighted by Crippen LogP contribution is 2.53. The van der Waals surface area contributed by atoms with Crippen molar-refractivity contribution in [3.05, 3.63) is 41.2 Å². The van der Waals surface area contributed by atoms with Crippen LogP contribution in [0.5, 0.6) is 5.75 Å². The Morgan fingerprint density at radius 2 is 1.76 bits per heavy atom. The molecule has 2 bridgehead atoms. The van der Waals surface area contributed by atoms with E-state index >= 15 is 0 Å². The summed E-state index contributed by atoms with van der Waals surface area (Å²) in [6, 6.07) is 5.38. The Bertz CT molecular complexity index is 1660. The second kappa shape index (κ2) is 13.1. The first-order valence-corrected chi connectivity index (χ1v) is 17.9. The van der Waals surface area contributed by atoms with Crippen LogP contribution in [-0.2, 0) is 16.4 Å². The van der Waals surface area contributed by atoms with Crippen LogP contribution >= 0.6 is 0 Å². The number of hydrogen-bond donors (Lipinski definition) is 2. The standard InChI is InChI=1S/C36H43F6N5O4/c1-21-13-22-15-23(14-21)34(17-22,31(49)50)45-30(48)26-18-43-32(44-29(26)36(40,41)42)47-19-33(9-3-2-4-10-33)27-16-25(5-6-28(27)47)51-24-7-11-46(12-8-24)20-35(37,38)39/h5-6,16,18,21-24H,2-4,7-15,17,19-20H2,1H3,(H,45,48)(H,49,50). The number of alkyl halides is 6. The molecule has 2 N–H and O–H groups in total. The van der Waals surface area contributed by atoms with Crippen LogP contribution in [0.15, 0.2) is 24.4 Å². The largest absolute Gasteiger partial charge is 0.490 e. The molecule has 4 atom stereocenters. The number of amides is 1. The number of fused-ring (bicyclic) bond motifs is 4. The second-order valence-electron chi connectivity index (χ2n) is 15.6. The highest BCUT2D eigenvalue weighted by atomic mass is 19.4. The van der Waals surface area contributed by atoms with Crippen LogP contribution in [0.1, 0.15) is 99.2 Å². The predicted molar refractivity (Wildman–Crippen MR) is 174 cm³/mol. The minimum atomic E-state index is -5.03. The Balaban J connectivity index is 1.15. The molecule has 4 fully saturated rings. The van der Waals surface area contributed by atoms with Gasteiger partial charge >= 0.3 is 18.3 Å². The van der Waals surface area contributed by atoms with Crippen LogP contribution < -0.4 is 15.0 Å². The van der Waals surface area contributed by atoms with E-state index in [1.54, 1.807) is 17.0 Å². The van der Waals surface area contributed by atoms with E-state index in [1.165, 1.54) is 4.90 Å². The van der Waals surface area contributed by atoms with Crippen molar-refractivity contribution in [3.63, 3.8) is 0 Å². The fourth-order valence-electron chi connectivity index (χ4n) is 9.75. The van der Waals surface area contributed by atoms with Gasteiger partial charge in [0, 0.05) is 36.9 Å². The lowest BCUT2D eigenvalue weighted by Crippen LogP contribution is -2.57. The number of nitrogens with one attached hydrogen (secondary N) is 1. The van der Waals surface area contributed by atoms with Crippen molar-refractivity contribution in [2.75, 3.05) is 31.1 Å². The molecule has 5 aliphatic rings. The van der Waals surface area contributed by atoms with Crippen molar-refractivity contribution >= 4 is 23.5 Å². The maximum Gasteiger partial charge on any atom is 0.434 e. The Kier molecular flexibility index (Phi) is 9.19. The van der Waals surface area contributed by atoms with Gasteiger partial charge in [-0.15, -0.1) is 0 Å². The zero-order valence-electron chi connectivity index (χ0n) is 28.5. The minimum absolute atomic E-state index is 0.0698. The van der Waals surface area contributed by atoms with E-state index < -0.39 is 53.0 Å². The van der Waals surface area contributed by atoms with Crippen LogP contribution in [0.2, 0.25) is 0 Å². The van der Waals surface area contributed by atoms with Gasteiger partial charge in [0.25, 0.3) is 5.91 Å². The Morgan fingerprint density at radius 1 is 1.04 bits per heavy atom. The molecule has 3 saturated carbocycles. The van der Waals surface area contributed by atoms with Gasteiger partial charge in [-0.25, -0.2) is 14.8 Å².